The summed E-state index contributed by atoms with van der Waals surface area (Å²) in [5.41, 5.74) is 1.75. The monoisotopic (exact) mass is 367 g/mol. The summed E-state index contributed by atoms with van der Waals surface area (Å²) in [5, 5.41) is 3.86. The van der Waals surface area contributed by atoms with Gasteiger partial charge in [-0.1, -0.05) is 6.07 Å². The lowest BCUT2D eigenvalue weighted by atomic mass is 10.0. The van der Waals surface area contributed by atoms with Crippen molar-refractivity contribution in [3.05, 3.63) is 65.5 Å². The van der Waals surface area contributed by atoms with Crippen LogP contribution < -0.4 is 5.32 Å². The zero-order valence-electron chi connectivity index (χ0n) is 15.2. The molecule has 1 N–H and O–H groups in total. The zero-order valence-corrected chi connectivity index (χ0v) is 15.2. The van der Waals surface area contributed by atoms with Gasteiger partial charge in [-0.3, -0.25) is 14.7 Å². The van der Waals surface area contributed by atoms with Gasteiger partial charge in [0.25, 0.3) is 5.91 Å². The molecular formula is C21H22FN3O2. The molecule has 2 aromatic heterocycles. The van der Waals surface area contributed by atoms with Crippen molar-refractivity contribution in [2.75, 3.05) is 13.1 Å². The standard InChI is InChI=1S/C21H22FN3O2/c1-14-4-5-19(27-14)21(26)24-18-6-9-25(10-7-18)13-16-12-17(22)11-15-3-2-8-23-20(15)16/h2-5,8,11-12,18H,6-7,9-10,13H2,1H3,(H,24,26). The SMILES string of the molecule is Cc1ccc(C(=O)NC2CCN(Cc3cc(F)cc4cccnc34)CC2)o1. The Kier molecular flexibility index (Phi) is 4.90. The molecule has 0 unspecified atom stereocenters. The average molecular weight is 367 g/mol. The van der Waals surface area contributed by atoms with Crippen LogP contribution in [0.1, 0.15) is 34.7 Å². The Labute approximate surface area is 157 Å². The van der Waals surface area contributed by atoms with Crippen LogP contribution in [0, 0.1) is 12.7 Å². The van der Waals surface area contributed by atoms with Crippen LogP contribution in [0.2, 0.25) is 0 Å². The van der Waals surface area contributed by atoms with Crippen molar-refractivity contribution in [1.29, 1.82) is 0 Å². The van der Waals surface area contributed by atoms with E-state index in [4.69, 9.17) is 4.42 Å². The highest BCUT2D eigenvalue weighted by Gasteiger charge is 2.23. The lowest BCUT2D eigenvalue weighted by Crippen LogP contribution is -2.44. The smallest absolute Gasteiger partial charge is 0.287 e. The maximum atomic E-state index is 13.9. The number of hydrogen-bond acceptors (Lipinski definition) is 4. The Bertz CT molecular complexity index is 961. The molecule has 3 heterocycles. The number of piperidine rings is 1. The Balaban J connectivity index is 1.37. The lowest BCUT2D eigenvalue weighted by molar-refractivity contribution is 0.0880. The third-order valence-corrected chi connectivity index (χ3v) is 5.03. The maximum absolute atomic E-state index is 13.9. The Morgan fingerprint density at radius 1 is 1.30 bits per heavy atom. The van der Waals surface area contributed by atoms with Crippen molar-refractivity contribution in [1.82, 2.24) is 15.2 Å². The van der Waals surface area contributed by atoms with Crippen molar-refractivity contribution in [3.8, 4) is 0 Å². The minimum absolute atomic E-state index is 0.126. The molecule has 140 valence electrons. The highest BCUT2D eigenvalue weighted by Crippen LogP contribution is 2.22. The number of aromatic nitrogens is 1. The number of benzene rings is 1. The van der Waals surface area contributed by atoms with Gasteiger partial charge in [0.1, 0.15) is 11.6 Å². The molecule has 1 aliphatic heterocycles. The van der Waals surface area contributed by atoms with Gasteiger partial charge in [0.15, 0.2) is 5.76 Å². The molecular weight excluding hydrogens is 345 g/mol. The van der Waals surface area contributed by atoms with Gasteiger partial charge in [-0.25, -0.2) is 4.39 Å². The number of carbonyl (C=O) groups is 1. The second-order valence-corrected chi connectivity index (χ2v) is 7.07. The lowest BCUT2D eigenvalue weighted by Gasteiger charge is -2.32. The number of pyridine rings is 1. The first-order valence-electron chi connectivity index (χ1n) is 9.21. The number of carbonyl (C=O) groups excluding carboxylic acids is 1. The number of nitrogens with one attached hydrogen (secondary N) is 1. The van der Waals surface area contributed by atoms with Crippen LogP contribution >= 0.6 is 0 Å². The molecule has 0 radical (unpaired) electrons. The van der Waals surface area contributed by atoms with Crippen molar-refractivity contribution in [3.63, 3.8) is 0 Å². The normalized spacial score (nSPS) is 15.9. The predicted octanol–water partition coefficient (Wildman–Crippen LogP) is 3.67. The Morgan fingerprint density at radius 3 is 2.85 bits per heavy atom. The van der Waals surface area contributed by atoms with Gasteiger partial charge in [0.2, 0.25) is 0 Å². The first kappa shape index (κ1) is 17.7. The van der Waals surface area contributed by atoms with E-state index in [9.17, 15) is 9.18 Å². The fourth-order valence-corrected chi connectivity index (χ4v) is 3.64. The first-order valence-corrected chi connectivity index (χ1v) is 9.21. The molecule has 0 bridgehead atoms. The molecule has 1 aromatic carbocycles. The molecule has 0 aliphatic carbocycles. The molecule has 4 rings (SSSR count). The topological polar surface area (TPSA) is 58.4 Å². The van der Waals surface area contributed by atoms with Crippen molar-refractivity contribution in [2.24, 2.45) is 0 Å². The fourth-order valence-electron chi connectivity index (χ4n) is 3.64. The van der Waals surface area contributed by atoms with Crippen molar-refractivity contribution in [2.45, 2.75) is 32.4 Å². The summed E-state index contributed by atoms with van der Waals surface area (Å²) in [6.07, 6.45) is 3.44. The summed E-state index contributed by atoms with van der Waals surface area (Å²) in [5.74, 6) is 0.682. The third-order valence-electron chi connectivity index (χ3n) is 5.03. The van der Waals surface area contributed by atoms with Crippen LogP contribution in [0.5, 0.6) is 0 Å². The van der Waals surface area contributed by atoms with E-state index >= 15 is 0 Å². The molecule has 0 atom stereocenters. The van der Waals surface area contributed by atoms with Crippen LogP contribution in [0.4, 0.5) is 4.39 Å². The zero-order chi connectivity index (χ0) is 18.8. The van der Waals surface area contributed by atoms with Crippen LogP contribution in [-0.2, 0) is 6.54 Å². The highest BCUT2D eigenvalue weighted by molar-refractivity contribution is 5.91. The molecule has 5 nitrogen and oxygen atoms in total. The number of nitrogens with zero attached hydrogens (tertiary/aromatic N) is 2. The Hall–Kier alpha value is -2.73. The minimum atomic E-state index is -0.235. The number of rotatable bonds is 4. The number of hydrogen-bond donors (Lipinski definition) is 1. The van der Waals surface area contributed by atoms with E-state index < -0.39 is 0 Å². The van der Waals surface area contributed by atoms with E-state index in [1.165, 1.54) is 6.07 Å². The van der Waals surface area contributed by atoms with E-state index in [0.717, 1.165) is 48.2 Å². The molecule has 6 heteroatoms. The van der Waals surface area contributed by atoms with Crippen molar-refractivity contribution >= 4 is 16.8 Å². The maximum Gasteiger partial charge on any atom is 0.287 e. The van der Waals surface area contributed by atoms with Crippen molar-refractivity contribution < 1.29 is 13.6 Å². The second kappa shape index (κ2) is 7.48. The molecule has 1 aliphatic rings. The average Bonchev–Trinajstić information content (AvgIpc) is 3.10. The van der Waals surface area contributed by atoms with Gasteiger partial charge in [-0.05, 0) is 55.7 Å². The number of fused-ring (bicyclic) bond motifs is 1. The van der Waals surface area contributed by atoms with E-state index in [1.807, 2.05) is 19.1 Å². The number of amides is 1. The van der Waals surface area contributed by atoms with Gasteiger partial charge in [0, 0.05) is 37.3 Å². The first-order chi connectivity index (χ1) is 13.1. The molecule has 1 saturated heterocycles. The fraction of sp³-hybridized carbons (Fsp3) is 0.333. The summed E-state index contributed by atoms with van der Waals surface area (Å²) < 4.78 is 19.3. The van der Waals surface area contributed by atoms with E-state index in [-0.39, 0.29) is 17.8 Å². The number of halogens is 1. The van der Waals surface area contributed by atoms with Gasteiger partial charge in [-0.2, -0.15) is 0 Å². The molecule has 1 amide bonds. The van der Waals surface area contributed by atoms with Gasteiger partial charge in [0.05, 0.1) is 5.52 Å². The number of aryl methyl sites for hydroxylation is 1. The summed E-state index contributed by atoms with van der Waals surface area (Å²) in [6, 6.07) is 10.4. The van der Waals surface area contributed by atoms with Crippen LogP contribution in [0.15, 0.2) is 47.0 Å². The number of furan rings is 1. The van der Waals surface area contributed by atoms with Gasteiger partial charge >= 0.3 is 0 Å². The molecule has 0 spiro atoms. The highest BCUT2D eigenvalue weighted by atomic mass is 19.1. The molecule has 1 fully saturated rings. The summed E-state index contributed by atoms with van der Waals surface area (Å²) in [7, 11) is 0. The third kappa shape index (κ3) is 4.01. The molecule has 27 heavy (non-hydrogen) atoms. The van der Waals surface area contributed by atoms with Crippen LogP contribution in [-0.4, -0.2) is 34.9 Å². The van der Waals surface area contributed by atoms with Gasteiger partial charge in [-0.15, -0.1) is 0 Å². The van der Waals surface area contributed by atoms with Gasteiger partial charge < -0.3 is 9.73 Å². The predicted molar refractivity (Wildman–Crippen MR) is 101 cm³/mol. The number of likely N-dealkylation sites (tertiary alicyclic amines) is 1. The summed E-state index contributed by atoms with van der Waals surface area (Å²) in [4.78, 5) is 18.9. The summed E-state index contributed by atoms with van der Waals surface area (Å²) >= 11 is 0. The minimum Gasteiger partial charge on any atom is -0.456 e. The van der Waals surface area contributed by atoms with Crippen LogP contribution in [0.3, 0.4) is 0 Å². The van der Waals surface area contributed by atoms with Crippen LogP contribution in [0.25, 0.3) is 10.9 Å². The molecule has 3 aromatic rings. The Morgan fingerprint density at radius 2 is 2.11 bits per heavy atom. The second-order valence-electron chi connectivity index (χ2n) is 7.07. The summed E-state index contributed by atoms with van der Waals surface area (Å²) in [6.45, 7) is 4.16. The van der Waals surface area contributed by atoms with E-state index in [1.54, 1.807) is 24.4 Å². The van der Waals surface area contributed by atoms with E-state index in [2.05, 4.69) is 15.2 Å². The van der Waals surface area contributed by atoms with E-state index in [0.29, 0.717) is 12.3 Å². The quantitative estimate of drug-likeness (QED) is 0.764. The molecule has 0 saturated carbocycles. The largest absolute Gasteiger partial charge is 0.456 e.